The lowest BCUT2D eigenvalue weighted by atomic mass is 10.1. The quantitative estimate of drug-likeness (QED) is 0.755. The molecular formula is C15H18N2O. The number of benzene rings is 1. The minimum atomic E-state index is -0.144. The Kier molecular flexibility index (Phi) is 4.29. The first kappa shape index (κ1) is 12.6. The Morgan fingerprint density at radius 1 is 1.11 bits per heavy atom. The minimum Gasteiger partial charge on any atom is -0.299 e. The average Bonchev–Trinajstić information content (AvgIpc) is 2.38. The van der Waals surface area contributed by atoms with Crippen molar-refractivity contribution in [3.8, 4) is 0 Å². The number of rotatable bonds is 5. The lowest BCUT2D eigenvalue weighted by Crippen LogP contribution is -2.22. The molecule has 1 aromatic carbocycles. The highest BCUT2D eigenvalue weighted by molar-refractivity contribution is 5.14. The van der Waals surface area contributed by atoms with Crippen LogP contribution in [0.1, 0.15) is 24.1 Å². The van der Waals surface area contributed by atoms with Crippen LogP contribution in [0.3, 0.4) is 0 Å². The van der Waals surface area contributed by atoms with Crippen LogP contribution >= 0.6 is 0 Å². The summed E-state index contributed by atoms with van der Waals surface area (Å²) < 4.78 is 1.68. The van der Waals surface area contributed by atoms with E-state index in [4.69, 9.17) is 0 Å². The molecule has 0 aliphatic rings. The van der Waals surface area contributed by atoms with Gasteiger partial charge in [-0.1, -0.05) is 30.3 Å². The first-order valence-electron chi connectivity index (χ1n) is 6.34. The Balaban J connectivity index is 1.80. The van der Waals surface area contributed by atoms with Gasteiger partial charge in [0.1, 0.15) is 0 Å². The van der Waals surface area contributed by atoms with Crippen LogP contribution in [0.4, 0.5) is 0 Å². The third kappa shape index (κ3) is 3.55. The maximum atomic E-state index is 11.6. The van der Waals surface area contributed by atoms with Crippen LogP contribution in [-0.4, -0.2) is 9.55 Å². The molecule has 0 unspecified atom stereocenters. The van der Waals surface area contributed by atoms with Crippen molar-refractivity contribution in [2.24, 2.45) is 0 Å². The summed E-state index contributed by atoms with van der Waals surface area (Å²) in [5.41, 5.74) is 1.99. The zero-order valence-electron chi connectivity index (χ0n) is 10.7. The smallest absolute Gasteiger partial charge is 0.299 e. The van der Waals surface area contributed by atoms with Gasteiger partial charge in [0.15, 0.2) is 0 Å². The predicted octanol–water partition coefficient (Wildman–Crippen LogP) is 2.57. The first-order valence-corrected chi connectivity index (χ1v) is 6.34. The van der Waals surface area contributed by atoms with E-state index in [1.54, 1.807) is 4.57 Å². The molecule has 2 aromatic rings. The second-order valence-electron chi connectivity index (χ2n) is 4.49. The number of hydrogen-bond donors (Lipinski definition) is 0. The van der Waals surface area contributed by atoms with Crippen molar-refractivity contribution in [1.82, 2.24) is 9.55 Å². The molecule has 3 nitrogen and oxygen atoms in total. The fourth-order valence-electron chi connectivity index (χ4n) is 1.94. The Morgan fingerprint density at radius 2 is 1.89 bits per heavy atom. The number of unbranched alkanes of at least 4 members (excludes halogenated alkanes) is 1. The Hall–Kier alpha value is -1.90. The molecule has 1 heterocycles. The predicted molar refractivity (Wildman–Crippen MR) is 72.6 cm³/mol. The van der Waals surface area contributed by atoms with Gasteiger partial charge in [-0.3, -0.25) is 4.57 Å². The maximum absolute atomic E-state index is 11.6. The molecule has 0 saturated carbocycles. The van der Waals surface area contributed by atoms with Gasteiger partial charge in [0.2, 0.25) is 0 Å². The van der Waals surface area contributed by atoms with E-state index in [1.807, 2.05) is 25.3 Å². The summed E-state index contributed by atoms with van der Waals surface area (Å²) in [7, 11) is 0. The second kappa shape index (κ2) is 6.15. The zero-order valence-corrected chi connectivity index (χ0v) is 10.7. The van der Waals surface area contributed by atoms with Gasteiger partial charge in [-0.25, -0.2) is 4.79 Å². The molecule has 0 aliphatic carbocycles. The molecule has 0 spiro atoms. The third-order valence-electron chi connectivity index (χ3n) is 2.97. The highest BCUT2D eigenvalue weighted by Gasteiger charge is 1.98. The van der Waals surface area contributed by atoms with Gasteiger partial charge in [-0.05, 0) is 37.8 Å². The van der Waals surface area contributed by atoms with Crippen LogP contribution in [0, 0.1) is 6.92 Å². The first-order chi connectivity index (χ1) is 8.75. The molecule has 2 rings (SSSR count). The lowest BCUT2D eigenvalue weighted by molar-refractivity contribution is 0.580. The fraction of sp³-hybridized carbons (Fsp3) is 0.333. The van der Waals surface area contributed by atoms with Crippen LogP contribution in [0.15, 0.2) is 47.4 Å². The molecule has 0 bridgehead atoms. The molecule has 0 fully saturated rings. The lowest BCUT2D eigenvalue weighted by Gasteiger charge is -2.05. The maximum Gasteiger partial charge on any atom is 0.347 e. The van der Waals surface area contributed by atoms with Crippen molar-refractivity contribution in [2.45, 2.75) is 32.7 Å². The molecule has 0 N–H and O–H groups in total. The number of hydrogen-bond acceptors (Lipinski definition) is 2. The van der Waals surface area contributed by atoms with Gasteiger partial charge < -0.3 is 0 Å². The SMILES string of the molecule is Cc1ccn(CCCCc2ccccc2)c(=O)n1. The van der Waals surface area contributed by atoms with E-state index in [0.29, 0.717) is 0 Å². The monoisotopic (exact) mass is 242 g/mol. The minimum absolute atomic E-state index is 0.144. The molecule has 18 heavy (non-hydrogen) atoms. The van der Waals surface area contributed by atoms with E-state index < -0.39 is 0 Å². The van der Waals surface area contributed by atoms with Gasteiger partial charge in [-0.15, -0.1) is 0 Å². The van der Waals surface area contributed by atoms with Crippen LogP contribution in [0.2, 0.25) is 0 Å². The van der Waals surface area contributed by atoms with E-state index >= 15 is 0 Å². The largest absolute Gasteiger partial charge is 0.347 e. The highest BCUT2D eigenvalue weighted by Crippen LogP contribution is 2.05. The molecule has 0 amide bonds. The second-order valence-corrected chi connectivity index (χ2v) is 4.49. The molecule has 0 atom stereocenters. The molecule has 0 saturated heterocycles. The van der Waals surface area contributed by atoms with Crippen molar-refractivity contribution in [3.63, 3.8) is 0 Å². The van der Waals surface area contributed by atoms with Gasteiger partial charge in [0.05, 0.1) is 0 Å². The fourth-order valence-corrected chi connectivity index (χ4v) is 1.94. The topological polar surface area (TPSA) is 34.9 Å². The number of aromatic nitrogens is 2. The molecule has 0 radical (unpaired) electrons. The Bertz CT molecular complexity index is 546. The Morgan fingerprint density at radius 3 is 2.61 bits per heavy atom. The third-order valence-corrected chi connectivity index (χ3v) is 2.97. The van der Waals surface area contributed by atoms with Crippen LogP contribution < -0.4 is 5.69 Å². The van der Waals surface area contributed by atoms with E-state index in [0.717, 1.165) is 31.5 Å². The summed E-state index contributed by atoms with van der Waals surface area (Å²) in [6.45, 7) is 2.58. The van der Waals surface area contributed by atoms with E-state index in [2.05, 4.69) is 29.2 Å². The summed E-state index contributed by atoms with van der Waals surface area (Å²) >= 11 is 0. The van der Waals surface area contributed by atoms with Gasteiger partial charge >= 0.3 is 5.69 Å². The molecule has 0 aliphatic heterocycles. The average molecular weight is 242 g/mol. The number of nitrogens with zero attached hydrogens (tertiary/aromatic N) is 2. The van der Waals surface area contributed by atoms with Gasteiger partial charge in [-0.2, -0.15) is 4.98 Å². The van der Waals surface area contributed by atoms with Crippen molar-refractivity contribution in [2.75, 3.05) is 0 Å². The zero-order chi connectivity index (χ0) is 12.8. The molecular weight excluding hydrogens is 224 g/mol. The van der Waals surface area contributed by atoms with Crippen molar-refractivity contribution >= 4 is 0 Å². The van der Waals surface area contributed by atoms with E-state index in [-0.39, 0.29) is 5.69 Å². The van der Waals surface area contributed by atoms with Crippen molar-refractivity contribution < 1.29 is 0 Å². The highest BCUT2D eigenvalue weighted by atomic mass is 16.1. The standard InChI is InChI=1S/C15H18N2O/c1-13-10-12-17(15(18)16-13)11-6-5-9-14-7-3-2-4-8-14/h2-4,7-8,10,12H,5-6,9,11H2,1H3. The normalized spacial score (nSPS) is 10.5. The Labute approximate surface area is 107 Å². The van der Waals surface area contributed by atoms with E-state index in [9.17, 15) is 4.79 Å². The summed E-state index contributed by atoms with van der Waals surface area (Å²) in [6, 6.07) is 12.3. The summed E-state index contributed by atoms with van der Waals surface area (Å²) in [5, 5.41) is 0. The van der Waals surface area contributed by atoms with Crippen LogP contribution in [0.5, 0.6) is 0 Å². The van der Waals surface area contributed by atoms with Crippen molar-refractivity contribution in [1.29, 1.82) is 0 Å². The summed E-state index contributed by atoms with van der Waals surface area (Å²) in [6.07, 6.45) is 4.98. The van der Waals surface area contributed by atoms with Gasteiger partial charge in [0.25, 0.3) is 0 Å². The molecule has 1 aromatic heterocycles. The molecule has 94 valence electrons. The number of aryl methyl sites for hydroxylation is 3. The van der Waals surface area contributed by atoms with Crippen LogP contribution in [-0.2, 0) is 13.0 Å². The summed E-state index contributed by atoms with van der Waals surface area (Å²) in [5.74, 6) is 0. The summed E-state index contributed by atoms with van der Waals surface area (Å²) in [4.78, 5) is 15.5. The van der Waals surface area contributed by atoms with Crippen LogP contribution in [0.25, 0.3) is 0 Å². The van der Waals surface area contributed by atoms with Crippen molar-refractivity contribution in [3.05, 3.63) is 64.3 Å². The molecule has 3 heteroatoms. The van der Waals surface area contributed by atoms with Gasteiger partial charge in [0, 0.05) is 18.4 Å². The van der Waals surface area contributed by atoms with E-state index in [1.165, 1.54) is 5.56 Å².